The van der Waals surface area contributed by atoms with E-state index in [2.05, 4.69) is 0 Å². The molecule has 2 heteroatoms. The maximum atomic E-state index is 9.53. The van der Waals surface area contributed by atoms with E-state index >= 15 is 0 Å². The minimum absolute atomic E-state index is 1.15. The zero-order valence-corrected chi connectivity index (χ0v) is 8.49. The molecule has 12 heavy (non-hydrogen) atoms. The van der Waals surface area contributed by atoms with E-state index in [0.717, 1.165) is 5.56 Å². The summed E-state index contributed by atoms with van der Waals surface area (Å²) < 4.78 is 0. The molecule has 0 bridgehead atoms. The summed E-state index contributed by atoms with van der Waals surface area (Å²) in [6.45, 7) is 3.79. The molecule has 0 amide bonds. The molecule has 1 nitrogen and oxygen atoms in total. The Morgan fingerprint density at radius 1 is 1.17 bits per heavy atom. The lowest BCUT2D eigenvalue weighted by Crippen LogP contribution is -2.20. The van der Waals surface area contributed by atoms with Crippen molar-refractivity contribution in [1.82, 2.24) is 0 Å². The van der Waals surface area contributed by atoms with Crippen LogP contribution in [0.2, 0.25) is 13.1 Å². The Morgan fingerprint density at radius 3 is 2.25 bits per heavy atom. The van der Waals surface area contributed by atoms with Gasteiger partial charge in [-0.15, -0.1) is 0 Å². The Kier molecular flexibility index (Phi) is 2.84. The molecular weight excluding hydrogens is 164 g/mol. The van der Waals surface area contributed by atoms with Crippen molar-refractivity contribution in [2.45, 2.75) is 13.1 Å². The van der Waals surface area contributed by atoms with Crippen LogP contribution in [0.3, 0.4) is 0 Å². The smallest absolute Gasteiger partial charge is 0.206 e. The van der Waals surface area contributed by atoms with Gasteiger partial charge >= 0.3 is 0 Å². The van der Waals surface area contributed by atoms with E-state index in [4.69, 9.17) is 0 Å². The predicted octanol–water partition coefficient (Wildman–Crippen LogP) is 2.44. The normalized spacial score (nSPS) is 12.2. The molecular formula is C10H14OSi. The van der Waals surface area contributed by atoms with Crippen molar-refractivity contribution in [1.29, 1.82) is 0 Å². The number of hydrogen-bond donors (Lipinski definition) is 1. The van der Waals surface area contributed by atoms with Gasteiger partial charge in [-0.2, -0.15) is 0 Å². The van der Waals surface area contributed by atoms with E-state index in [1.165, 1.54) is 0 Å². The van der Waals surface area contributed by atoms with Crippen LogP contribution in [0.1, 0.15) is 5.56 Å². The Labute approximate surface area is 74.5 Å². The van der Waals surface area contributed by atoms with Gasteiger partial charge in [0.25, 0.3) is 0 Å². The van der Waals surface area contributed by atoms with Crippen LogP contribution in [0.25, 0.3) is 6.08 Å². The van der Waals surface area contributed by atoms with Crippen molar-refractivity contribution in [3.8, 4) is 0 Å². The molecule has 64 valence electrons. The van der Waals surface area contributed by atoms with Gasteiger partial charge in [0.15, 0.2) is 0 Å². The summed E-state index contributed by atoms with van der Waals surface area (Å²) in [6.07, 6.45) is 1.98. The van der Waals surface area contributed by atoms with Crippen molar-refractivity contribution < 1.29 is 4.80 Å². The Morgan fingerprint density at radius 2 is 1.75 bits per heavy atom. The molecule has 0 aliphatic carbocycles. The fourth-order valence-electron chi connectivity index (χ4n) is 0.864. The summed E-state index contributed by atoms with van der Waals surface area (Å²) in [5.41, 5.74) is 3.06. The molecule has 0 saturated carbocycles. The van der Waals surface area contributed by atoms with E-state index in [-0.39, 0.29) is 0 Å². The van der Waals surface area contributed by atoms with Crippen LogP contribution >= 0.6 is 0 Å². The lowest BCUT2D eigenvalue weighted by atomic mass is 10.2. The number of hydrogen-bond acceptors (Lipinski definition) is 1. The van der Waals surface area contributed by atoms with E-state index in [9.17, 15) is 4.80 Å². The molecule has 0 unspecified atom stereocenters. The van der Waals surface area contributed by atoms with Crippen LogP contribution in [-0.4, -0.2) is 13.1 Å². The Balaban J connectivity index is 2.71. The molecule has 0 atom stereocenters. The third-order valence-electron chi connectivity index (χ3n) is 1.48. The van der Waals surface area contributed by atoms with Gasteiger partial charge in [-0.3, -0.25) is 0 Å². The second-order valence-electron chi connectivity index (χ2n) is 3.40. The molecule has 1 aromatic rings. The van der Waals surface area contributed by atoms with Crippen LogP contribution in [0, 0.1) is 0 Å². The summed E-state index contributed by atoms with van der Waals surface area (Å²) in [5, 5.41) is 0. The summed E-state index contributed by atoms with van der Waals surface area (Å²) in [5.74, 6) is 0. The maximum absolute atomic E-state index is 9.53. The molecule has 1 rings (SSSR count). The van der Waals surface area contributed by atoms with E-state index in [0.29, 0.717) is 0 Å². The highest BCUT2D eigenvalue weighted by molar-refractivity contribution is 6.75. The van der Waals surface area contributed by atoms with Crippen molar-refractivity contribution in [3.05, 3.63) is 41.6 Å². The van der Waals surface area contributed by atoms with E-state index in [1.807, 2.05) is 55.2 Å². The quantitative estimate of drug-likeness (QED) is 0.690. The molecule has 0 spiro atoms. The van der Waals surface area contributed by atoms with Gasteiger partial charge < -0.3 is 4.80 Å². The number of rotatable bonds is 2. The molecule has 0 saturated heterocycles. The third kappa shape index (κ3) is 3.51. The third-order valence-corrected chi connectivity index (χ3v) is 2.47. The molecule has 0 fully saturated rings. The lowest BCUT2D eigenvalue weighted by Gasteiger charge is -2.05. The monoisotopic (exact) mass is 178 g/mol. The van der Waals surface area contributed by atoms with E-state index < -0.39 is 8.32 Å². The SMILES string of the molecule is C[Si](C)(O)/C=C\c1ccccc1. The topological polar surface area (TPSA) is 20.2 Å². The van der Waals surface area contributed by atoms with Gasteiger partial charge in [0.2, 0.25) is 8.32 Å². The second kappa shape index (κ2) is 3.69. The highest BCUT2D eigenvalue weighted by Gasteiger charge is 2.10. The van der Waals surface area contributed by atoms with Gasteiger partial charge in [0.05, 0.1) is 0 Å². The molecule has 0 aromatic heterocycles. The molecule has 0 radical (unpaired) electrons. The summed E-state index contributed by atoms with van der Waals surface area (Å²) >= 11 is 0. The molecule has 0 heterocycles. The van der Waals surface area contributed by atoms with Crippen molar-refractivity contribution in [2.24, 2.45) is 0 Å². The first kappa shape index (κ1) is 9.23. The summed E-state index contributed by atoms with van der Waals surface area (Å²) in [4.78, 5) is 9.53. The van der Waals surface area contributed by atoms with Crippen LogP contribution in [0.4, 0.5) is 0 Å². The molecule has 0 aliphatic heterocycles. The summed E-state index contributed by atoms with van der Waals surface area (Å²) in [7, 11) is -2.02. The van der Waals surface area contributed by atoms with Crippen LogP contribution in [0.15, 0.2) is 36.0 Å². The second-order valence-corrected chi connectivity index (χ2v) is 7.04. The van der Waals surface area contributed by atoms with Gasteiger partial charge in [0, 0.05) is 0 Å². The zero-order chi connectivity index (χ0) is 9.03. The van der Waals surface area contributed by atoms with Gasteiger partial charge in [-0.1, -0.05) is 42.1 Å². The van der Waals surface area contributed by atoms with Crippen molar-refractivity contribution >= 4 is 14.4 Å². The highest BCUT2D eigenvalue weighted by atomic mass is 28.4. The van der Waals surface area contributed by atoms with Crippen LogP contribution in [0.5, 0.6) is 0 Å². The fourth-order valence-corrected chi connectivity index (χ4v) is 1.46. The zero-order valence-electron chi connectivity index (χ0n) is 7.49. The van der Waals surface area contributed by atoms with Crippen molar-refractivity contribution in [3.63, 3.8) is 0 Å². The predicted molar refractivity (Wildman–Crippen MR) is 55.2 cm³/mol. The highest BCUT2D eigenvalue weighted by Crippen LogP contribution is 2.05. The Bertz CT molecular complexity index is 259. The average Bonchev–Trinajstić information content (AvgIpc) is 2.02. The number of benzene rings is 1. The Hall–Kier alpha value is -0.863. The summed E-state index contributed by atoms with van der Waals surface area (Å²) in [6, 6.07) is 10.0. The minimum Gasteiger partial charge on any atom is -0.428 e. The van der Waals surface area contributed by atoms with Gasteiger partial charge in [-0.05, 0) is 18.7 Å². The fraction of sp³-hybridized carbons (Fsp3) is 0.200. The molecule has 1 aromatic carbocycles. The van der Waals surface area contributed by atoms with Gasteiger partial charge in [0.1, 0.15) is 0 Å². The van der Waals surface area contributed by atoms with E-state index in [1.54, 1.807) is 0 Å². The van der Waals surface area contributed by atoms with Crippen LogP contribution in [-0.2, 0) is 0 Å². The lowest BCUT2D eigenvalue weighted by molar-refractivity contribution is 0.567. The molecule has 1 N–H and O–H groups in total. The first-order valence-electron chi connectivity index (χ1n) is 4.04. The van der Waals surface area contributed by atoms with Crippen LogP contribution < -0.4 is 0 Å². The average molecular weight is 178 g/mol. The first-order chi connectivity index (χ1) is 5.58. The standard InChI is InChI=1S/C10H14OSi/c1-12(2,11)9-8-10-6-4-3-5-7-10/h3-9,11H,1-2H3/b9-8-. The maximum Gasteiger partial charge on any atom is 0.206 e. The minimum atomic E-state index is -2.02. The first-order valence-corrected chi connectivity index (χ1v) is 7.07. The van der Waals surface area contributed by atoms with Gasteiger partial charge in [-0.25, -0.2) is 0 Å². The molecule has 0 aliphatic rings. The van der Waals surface area contributed by atoms with Crippen molar-refractivity contribution in [2.75, 3.05) is 0 Å². The largest absolute Gasteiger partial charge is 0.428 e.